The zero-order valence-electron chi connectivity index (χ0n) is 21.2. The monoisotopic (exact) mass is 581 g/mol. The molecule has 0 spiro atoms. The average Bonchev–Trinajstić information content (AvgIpc) is 3.51. The topological polar surface area (TPSA) is 148 Å². The highest BCUT2D eigenvalue weighted by molar-refractivity contribution is 6.33. The molecule has 0 aliphatic carbocycles. The predicted molar refractivity (Wildman–Crippen MR) is 146 cm³/mol. The number of halogens is 3. The number of carboxylic acids is 1. The van der Waals surface area contributed by atoms with E-state index in [4.69, 9.17) is 17.3 Å². The zero-order chi connectivity index (χ0) is 29.4. The van der Waals surface area contributed by atoms with Crippen molar-refractivity contribution in [3.63, 3.8) is 0 Å². The molecule has 1 aliphatic heterocycles. The van der Waals surface area contributed by atoms with Crippen molar-refractivity contribution >= 4 is 51.9 Å². The van der Waals surface area contributed by atoms with Gasteiger partial charge in [-0.1, -0.05) is 41.9 Å². The number of carbonyl (C=O) groups excluding carboxylic acids is 3. The van der Waals surface area contributed by atoms with E-state index in [0.717, 1.165) is 9.58 Å². The van der Waals surface area contributed by atoms with E-state index in [-0.39, 0.29) is 46.4 Å². The number of nitrogens with zero attached hydrogens (tertiary/aromatic N) is 3. The number of benzene rings is 3. The normalized spacial score (nSPS) is 16.6. The number of hydrogen-bond acceptors (Lipinski definition) is 5. The molecule has 2 atom stereocenters. The van der Waals surface area contributed by atoms with Gasteiger partial charge in [-0.2, -0.15) is 5.10 Å². The van der Waals surface area contributed by atoms with Crippen LogP contribution in [0.1, 0.15) is 27.3 Å². The number of alkyl halides is 1. The summed E-state index contributed by atoms with van der Waals surface area (Å²) >= 11 is 6.21. The lowest BCUT2D eigenvalue weighted by Gasteiger charge is -2.24. The molecule has 1 fully saturated rings. The number of primary amides is 1. The van der Waals surface area contributed by atoms with Gasteiger partial charge in [0.2, 0.25) is 11.8 Å². The van der Waals surface area contributed by atoms with Crippen LogP contribution < -0.4 is 11.1 Å². The van der Waals surface area contributed by atoms with Crippen LogP contribution in [0.2, 0.25) is 5.02 Å². The SMILES string of the molecule is NC(=O)c1nn(CC(=O)N2C[C@H](F)CC2C(=O)Nc2cccc(-c3ccccc3Cl)c2F)c2ccc(C(=O)O)cc12. The standard InChI is InChI=1S/C28H22ClF2N5O5/c29-19-6-2-1-4-16(19)17-5-3-7-20(24(17)31)33-27(39)22-11-15(30)12-35(22)23(37)13-36-21-9-8-14(28(40)41)10-18(21)25(34-36)26(32)38/h1-10,15,22H,11-13H2,(H2,32,38)(H,33,39)(H,40,41)/t15-,22?/m1/s1. The van der Waals surface area contributed by atoms with Crippen LogP contribution in [0.3, 0.4) is 0 Å². The molecule has 1 aromatic heterocycles. The molecular formula is C28H22ClF2N5O5. The van der Waals surface area contributed by atoms with Gasteiger partial charge < -0.3 is 21.1 Å². The van der Waals surface area contributed by atoms with Gasteiger partial charge in [0.05, 0.1) is 23.3 Å². The van der Waals surface area contributed by atoms with Crippen molar-refractivity contribution < 1.29 is 33.1 Å². The Bertz CT molecular complexity index is 1730. The van der Waals surface area contributed by atoms with Crippen molar-refractivity contribution in [1.29, 1.82) is 0 Å². The fourth-order valence-electron chi connectivity index (χ4n) is 4.87. The fourth-order valence-corrected chi connectivity index (χ4v) is 5.11. The van der Waals surface area contributed by atoms with E-state index < -0.39 is 48.3 Å². The summed E-state index contributed by atoms with van der Waals surface area (Å²) in [4.78, 5) is 50.8. The number of carboxylic acid groups (broad SMARTS) is 1. The first kappa shape index (κ1) is 27.7. The molecule has 3 aromatic carbocycles. The van der Waals surface area contributed by atoms with E-state index in [1.165, 1.54) is 36.4 Å². The lowest BCUT2D eigenvalue weighted by Crippen LogP contribution is -2.44. The average molecular weight is 582 g/mol. The molecule has 0 radical (unpaired) electrons. The van der Waals surface area contributed by atoms with Gasteiger partial charge in [0, 0.05) is 28.0 Å². The first-order chi connectivity index (χ1) is 19.5. The van der Waals surface area contributed by atoms with Crippen LogP contribution in [0.15, 0.2) is 60.7 Å². The third kappa shape index (κ3) is 5.33. The van der Waals surface area contributed by atoms with E-state index in [9.17, 15) is 28.7 Å². The Balaban J connectivity index is 1.39. The molecular weight excluding hydrogens is 560 g/mol. The molecule has 4 aromatic rings. The van der Waals surface area contributed by atoms with Crippen LogP contribution in [0.25, 0.3) is 22.0 Å². The third-order valence-electron chi connectivity index (χ3n) is 6.81. The van der Waals surface area contributed by atoms with Gasteiger partial charge in [-0.05, 0) is 30.3 Å². The Morgan fingerprint density at radius 2 is 1.80 bits per heavy atom. The van der Waals surface area contributed by atoms with Crippen LogP contribution in [0.4, 0.5) is 14.5 Å². The van der Waals surface area contributed by atoms with Gasteiger partial charge in [-0.25, -0.2) is 13.6 Å². The van der Waals surface area contributed by atoms with E-state index in [1.54, 1.807) is 24.3 Å². The Morgan fingerprint density at radius 1 is 1.07 bits per heavy atom. The minimum absolute atomic E-state index is 0.117. The largest absolute Gasteiger partial charge is 0.478 e. The molecule has 1 aliphatic rings. The van der Waals surface area contributed by atoms with Crippen molar-refractivity contribution in [2.45, 2.75) is 25.2 Å². The summed E-state index contributed by atoms with van der Waals surface area (Å²) in [5.41, 5.74) is 5.68. The number of aromatic carboxylic acids is 1. The molecule has 41 heavy (non-hydrogen) atoms. The van der Waals surface area contributed by atoms with Gasteiger partial charge in [-0.15, -0.1) is 0 Å². The van der Waals surface area contributed by atoms with Gasteiger partial charge in [0.1, 0.15) is 18.8 Å². The molecule has 4 N–H and O–H groups in total. The van der Waals surface area contributed by atoms with Gasteiger partial charge in [0.15, 0.2) is 11.5 Å². The molecule has 13 heteroatoms. The summed E-state index contributed by atoms with van der Waals surface area (Å²) in [6.07, 6.45) is -1.82. The van der Waals surface area contributed by atoms with Crippen molar-refractivity contribution in [1.82, 2.24) is 14.7 Å². The smallest absolute Gasteiger partial charge is 0.335 e. The zero-order valence-corrected chi connectivity index (χ0v) is 21.9. The molecule has 1 unspecified atom stereocenters. The number of nitrogens with two attached hydrogens (primary N) is 1. The number of amides is 3. The van der Waals surface area contributed by atoms with Crippen molar-refractivity contribution in [2.75, 3.05) is 11.9 Å². The minimum atomic E-state index is -1.51. The Hall–Kier alpha value is -4.84. The molecule has 3 amide bonds. The maximum atomic E-state index is 15.4. The number of anilines is 1. The maximum Gasteiger partial charge on any atom is 0.335 e. The van der Waals surface area contributed by atoms with Crippen LogP contribution in [-0.2, 0) is 16.1 Å². The van der Waals surface area contributed by atoms with Crippen LogP contribution in [-0.4, -0.2) is 62.2 Å². The number of nitrogens with one attached hydrogen (secondary N) is 1. The quantitative estimate of drug-likeness (QED) is 0.302. The lowest BCUT2D eigenvalue weighted by atomic mass is 10.0. The number of fused-ring (bicyclic) bond motifs is 1. The van der Waals surface area contributed by atoms with Crippen molar-refractivity contribution in [3.05, 3.63) is 82.8 Å². The number of likely N-dealkylation sites (tertiary alicyclic amines) is 1. The van der Waals surface area contributed by atoms with E-state index in [0.29, 0.717) is 10.6 Å². The summed E-state index contributed by atoms with van der Waals surface area (Å²) in [6.45, 7) is -0.882. The molecule has 0 bridgehead atoms. The Kier molecular flexibility index (Phi) is 7.41. The second kappa shape index (κ2) is 11.0. The van der Waals surface area contributed by atoms with Crippen LogP contribution in [0.5, 0.6) is 0 Å². The summed E-state index contributed by atoms with van der Waals surface area (Å²) in [5.74, 6) is -4.41. The first-order valence-corrected chi connectivity index (χ1v) is 12.7. The fraction of sp³-hybridized carbons (Fsp3) is 0.179. The molecule has 5 rings (SSSR count). The lowest BCUT2D eigenvalue weighted by molar-refractivity contribution is -0.137. The Labute approximate surface area is 236 Å². The molecule has 2 heterocycles. The van der Waals surface area contributed by atoms with E-state index in [2.05, 4.69) is 10.4 Å². The van der Waals surface area contributed by atoms with Gasteiger partial charge in [-0.3, -0.25) is 19.1 Å². The Morgan fingerprint density at radius 3 is 2.51 bits per heavy atom. The molecule has 10 nitrogen and oxygen atoms in total. The van der Waals surface area contributed by atoms with Gasteiger partial charge in [0.25, 0.3) is 5.91 Å². The van der Waals surface area contributed by atoms with Crippen molar-refractivity contribution in [3.8, 4) is 11.1 Å². The maximum absolute atomic E-state index is 15.4. The van der Waals surface area contributed by atoms with Crippen LogP contribution in [0, 0.1) is 5.82 Å². The number of carbonyl (C=O) groups is 4. The second-order valence-electron chi connectivity index (χ2n) is 9.44. The first-order valence-electron chi connectivity index (χ1n) is 12.4. The highest BCUT2D eigenvalue weighted by atomic mass is 35.5. The van der Waals surface area contributed by atoms with Gasteiger partial charge >= 0.3 is 5.97 Å². The van der Waals surface area contributed by atoms with Crippen LogP contribution >= 0.6 is 11.6 Å². The molecule has 1 saturated heterocycles. The molecule has 210 valence electrons. The third-order valence-corrected chi connectivity index (χ3v) is 7.14. The summed E-state index contributed by atoms with van der Waals surface area (Å²) in [5, 5.41) is 16.2. The number of rotatable bonds is 7. The summed E-state index contributed by atoms with van der Waals surface area (Å²) in [7, 11) is 0. The van der Waals surface area contributed by atoms with E-state index >= 15 is 4.39 Å². The minimum Gasteiger partial charge on any atom is -0.478 e. The highest BCUT2D eigenvalue weighted by Gasteiger charge is 2.40. The number of aromatic nitrogens is 2. The summed E-state index contributed by atoms with van der Waals surface area (Å²) < 4.78 is 31.0. The summed E-state index contributed by atoms with van der Waals surface area (Å²) in [6, 6.07) is 13.6. The number of hydrogen-bond donors (Lipinski definition) is 3. The predicted octanol–water partition coefficient (Wildman–Crippen LogP) is 3.87. The highest BCUT2D eigenvalue weighted by Crippen LogP contribution is 2.33. The molecule has 0 saturated carbocycles. The van der Waals surface area contributed by atoms with E-state index in [1.807, 2.05) is 0 Å². The van der Waals surface area contributed by atoms with Crippen molar-refractivity contribution in [2.24, 2.45) is 5.73 Å². The second-order valence-corrected chi connectivity index (χ2v) is 9.85.